The first kappa shape index (κ1) is 13.3. The number of hydrogen-bond donors (Lipinski definition) is 1. The fourth-order valence-corrected chi connectivity index (χ4v) is 3.13. The largest absolute Gasteiger partial charge is 0.316 e. The zero-order valence-electron chi connectivity index (χ0n) is 11.3. The van der Waals surface area contributed by atoms with Gasteiger partial charge in [0.1, 0.15) is 5.15 Å². The van der Waals surface area contributed by atoms with E-state index in [1.807, 2.05) is 6.07 Å². The number of aromatic nitrogens is 1. The highest BCUT2D eigenvalue weighted by molar-refractivity contribution is 6.30. The van der Waals surface area contributed by atoms with Crippen molar-refractivity contribution in [2.45, 2.75) is 38.3 Å². The molecule has 3 rings (SSSR count). The van der Waals surface area contributed by atoms with Crippen LogP contribution in [0, 0.1) is 5.92 Å². The molecule has 3 nitrogen and oxygen atoms in total. The molecule has 1 atom stereocenters. The van der Waals surface area contributed by atoms with Crippen LogP contribution >= 0.6 is 11.6 Å². The van der Waals surface area contributed by atoms with Crippen molar-refractivity contribution in [1.29, 1.82) is 0 Å². The lowest BCUT2D eigenvalue weighted by atomic mass is 9.99. The smallest absolute Gasteiger partial charge is 0.133 e. The van der Waals surface area contributed by atoms with E-state index < -0.39 is 0 Å². The van der Waals surface area contributed by atoms with Crippen molar-refractivity contribution < 1.29 is 0 Å². The first-order chi connectivity index (χ1) is 9.33. The second-order valence-corrected chi connectivity index (χ2v) is 6.18. The second-order valence-electron chi connectivity index (χ2n) is 5.83. The average Bonchev–Trinajstić information content (AvgIpc) is 3.26. The van der Waals surface area contributed by atoms with E-state index in [-0.39, 0.29) is 0 Å². The van der Waals surface area contributed by atoms with Crippen LogP contribution in [0.5, 0.6) is 0 Å². The van der Waals surface area contributed by atoms with E-state index >= 15 is 0 Å². The molecule has 1 unspecified atom stereocenters. The fourth-order valence-electron chi connectivity index (χ4n) is 2.95. The lowest BCUT2D eigenvalue weighted by Gasteiger charge is -2.30. The van der Waals surface area contributed by atoms with Gasteiger partial charge in [-0.25, -0.2) is 4.98 Å². The van der Waals surface area contributed by atoms with Gasteiger partial charge < -0.3 is 5.32 Å². The van der Waals surface area contributed by atoms with Gasteiger partial charge in [0.25, 0.3) is 0 Å². The molecule has 1 saturated heterocycles. The highest BCUT2D eigenvalue weighted by atomic mass is 35.5. The highest BCUT2D eigenvalue weighted by Crippen LogP contribution is 2.30. The molecule has 1 aliphatic carbocycles. The zero-order valence-corrected chi connectivity index (χ0v) is 12.1. The lowest BCUT2D eigenvalue weighted by molar-refractivity contribution is 0.192. The average molecular weight is 280 g/mol. The maximum absolute atomic E-state index is 6.19. The number of hydrogen-bond acceptors (Lipinski definition) is 3. The Hall–Kier alpha value is -0.640. The molecular formula is C15H22ClN3. The number of pyridine rings is 1. The first-order valence-electron chi connectivity index (χ1n) is 7.37. The fraction of sp³-hybridized carbons (Fsp3) is 0.667. The minimum absolute atomic E-state index is 0.662. The molecular weight excluding hydrogens is 258 g/mol. The summed E-state index contributed by atoms with van der Waals surface area (Å²) in [6.07, 6.45) is 7.13. The second kappa shape index (κ2) is 6.21. The first-order valence-corrected chi connectivity index (χ1v) is 7.75. The summed E-state index contributed by atoms with van der Waals surface area (Å²) in [6.45, 7) is 4.51. The molecule has 0 radical (unpaired) electrons. The van der Waals surface area contributed by atoms with Gasteiger partial charge in [0.05, 0.1) is 0 Å². The van der Waals surface area contributed by atoms with Crippen LogP contribution in [0.15, 0.2) is 18.3 Å². The Labute approximate surface area is 120 Å². The third-order valence-corrected chi connectivity index (χ3v) is 4.51. The van der Waals surface area contributed by atoms with Crippen molar-refractivity contribution >= 4 is 11.6 Å². The third kappa shape index (κ3) is 3.68. The van der Waals surface area contributed by atoms with Gasteiger partial charge in [-0.1, -0.05) is 17.7 Å². The van der Waals surface area contributed by atoms with Crippen LogP contribution in [0.3, 0.4) is 0 Å². The molecule has 0 spiro atoms. The van der Waals surface area contributed by atoms with E-state index in [2.05, 4.69) is 21.3 Å². The SMILES string of the molecule is Clc1ncccc1CN(CC1CCCNC1)C1CC1. The van der Waals surface area contributed by atoms with Crippen molar-refractivity contribution in [1.82, 2.24) is 15.2 Å². The summed E-state index contributed by atoms with van der Waals surface area (Å²) in [5, 5.41) is 4.17. The standard InChI is InChI=1S/C15H22ClN3/c16-15-13(4-2-8-18-15)11-19(14-5-6-14)10-12-3-1-7-17-9-12/h2,4,8,12,14,17H,1,3,5-7,9-11H2. The van der Waals surface area contributed by atoms with Gasteiger partial charge in [0, 0.05) is 30.9 Å². The number of piperidine rings is 1. The predicted octanol–water partition coefficient (Wildman–Crippen LogP) is 2.70. The Bertz CT molecular complexity index is 414. The maximum Gasteiger partial charge on any atom is 0.133 e. The van der Waals surface area contributed by atoms with Gasteiger partial charge in [-0.3, -0.25) is 4.90 Å². The number of nitrogens with one attached hydrogen (secondary N) is 1. The Balaban J connectivity index is 1.62. The van der Waals surface area contributed by atoms with Crippen LogP contribution in [-0.4, -0.2) is 35.6 Å². The summed E-state index contributed by atoms with van der Waals surface area (Å²) >= 11 is 6.19. The van der Waals surface area contributed by atoms with Crippen LogP contribution < -0.4 is 5.32 Å². The number of nitrogens with zero attached hydrogens (tertiary/aromatic N) is 2. The van der Waals surface area contributed by atoms with Gasteiger partial charge in [0.15, 0.2) is 0 Å². The molecule has 1 aromatic heterocycles. The minimum atomic E-state index is 0.662. The molecule has 1 aromatic rings. The molecule has 4 heteroatoms. The van der Waals surface area contributed by atoms with Crippen LogP contribution in [0.1, 0.15) is 31.2 Å². The van der Waals surface area contributed by atoms with Gasteiger partial charge in [-0.2, -0.15) is 0 Å². The highest BCUT2D eigenvalue weighted by Gasteiger charge is 2.31. The lowest BCUT2D eigenvalue weighted by Crippen LogP contribution is -2.39. The van der Waals surface area contributed by atoms with E-state index in [1.54, 1.807) is 6.20 Å². The number of halogens is 1. The van der Waals surface area contributed by atoms with Gasteiger partial charge in [-0.15, -0.1) is 0 Å². The molecule has 2 heterocycles. The summed E-state index contributed by atoms with van der Waals surface area (Å²) in [7, 11) is 0. The van der Waals surface area contributed by atoms with Crippen LogP contribution in [0.4, 0.5) is 0 Å². The van der Waals surface area contributed by atoms with Crippen molar-refractivity contribution in [2.24, 2.45) is 5.92 Å². The van der Waals surface area contributed by atoms with Crippen molar-refractivity contribution in [3.8, 4) is 0 Å². The summed E-state index contributed by atoms with van der Waals surface area (Å²) in [5.41, 5.74) is 1.17. The normalized spacial score (nSPS) is 23.8. The molecule has 0 amide bonds. The summed E-state index contributed by atoms with van der Waals surface area (Å²) in [6, 6.07) is 4.86. The van der Waals surface area contributed by atoms with E-state index in [4.69, 9.17) is 11.6 Å². The molecule has 0 aromatic carbocycles. The summed E-state index contributed by atoms with van der Waals surface area (Å²) in [5.74, 6) is 0.796. The Morgan fingerprint density at radius 2 is 2.26 bits per heavy atom. The molecule has 1 aliphatic heterocycles. The van der Waals surface area contributed by atoms with E-state index in [0.717, 1.165) is 18.5 Å². The van der Waals surface area contributed by atoms with Crippen molar-refractivity contribution in [3.63, 3.8) is 0 Å². The van der Waals surface area contributed by atoms with E-state index in [9.17, 15) is 0 Å². The zero-order chi connectivity index (χ0) is 13.1. The summed E-state index contributed by atoms with van der Waals surface area (Å²) in [4.78, 5) is 6.80. The Morgan fingerprint density at radius 3 is 2.95 bits per heavy atom. The van der Waals surface area contributed by atoms with Crippen LogP contribution in [0.2, 0.25) is 5.15 Å². The summed E-state index contributed by atoms with van der Waals surface area (Å²) < 4.78 is 0. The topological polar surface area (TPSA) is 28.2 Å². The van der Waals surface area contributed by atoms with Gasteiger partial charge in [-0.05, 0) is 50.8 Å². The molecule has 2 aliphatic rings. The Morgan fingerprint density at radius 1 is 1.37 bits per heavy atom. The molecule has 2 fully saturated rings. The third-order valence-electron chi connectivity index (χ3n) is 4.16. The predicted molar refractivity (Wildman–Crippen MR) is 78.3 cm³/mol. The monoisotopic (exact) mass is 279 g/mol. The molecule has 19 heavy (non-hydrogen) atoms. The molecule has 0 bridgehead atoms. The quantitative estimate of drug-likeness (QED) is 0.840. The van der Waals surface area contributed by atoms with Crippen LogP contribution in [0.25, 0.3) is 0 Å². The maximum atomic E-state index is 6.19. The molecule has 1 saturated carbocycles. The Kier molecular flexibility index (Phi) is 4.36. The van der Waals surface area contributed by atoms with E-state index in [0.29, 0.717) is 5.15 Å². The van der Waals surface area contributed by atoms with Crippen molar-refractivity contribution in [3.05, 3.63) is 29.0 Å². The molecule has 104 valence electrons. The number of rotatable bonds is 5. The van der Waals surface area contributed by atoms with E-state index in [1.165, 1.54) is 50.9 Å². The van der Waals surface area contributed by atoms with Crippen LogP contribution in [-0.2, 0) is 6.54 Å². The van der Waals surface area contributed by atoms with Crippen molar-refractivity contribution in [2.75, 3.05) is 19.6 Å². The van der Waals surface area contributed by atoms with Gasteiger partial charge >= 0.3 is 0 Å². The molecule has 1 N–H and O–H groups in total. The van der Waals surface area contributed by atoms with Gasteiger partial charge in [0.2, 0.25) is 0 Å². The minimum Gasteiger partial charge on any atom is -0.316 e.